The maximum atomic E-state index is 13.3. The Morgan fingerprint density at radius 2 is 1.69 bits per heavy atom. The molecule has 0 unspecified atom stereocenters. The Hall–Kier alpha value is -1.99. The summed E-state index contributed by atoms with van der Waals surface area (Å²) in [6.07, 6.45) is 1.31. The Labute approximate surface area is 179 Å². The molecule has 0 saturated carbocycles. The zero-order chi connectivity index (χ0) is 20.4. The van der Waals surface area contributed by atoms with Gasteiger partial charge in [-0.15, -0.1) is 0 Å². The fraction of sp³-hybridized carbons (Fsp3) is 0.381. The monoisotopic (exact) mass is 437 g/mol. The Morgan fingerprint density at radius 3 is 2.38 bits per heavy atom. The maximum absolute atomic E-state index is 13.3. The second-order valence-corrected chi connectivity index (χ2v) is 7.57. The van der Waals surface area contributed by atoms with Gasteiger partial charge < -0.3 is 23.8 Å². The highest BCUT2D eigenvalue weighted by atomic mass is 35.5. The van der Waals surface area contributed by atoms with E-state index in [0.29, 0.717) is 54.1 Å². The molecule has 2 aliphatic heterocycles. The van der Waals surface area contributed by atoms with Gasteiger partial charge in [-0.25, -0.2) is 0 Å². The van der Waals surface area contributed by atoms with Crippen LogP contribution < -0.4 is 14.4 Å². The molecule has 1 saturated heterocycles. The van der Waals surface area contributed by atoms with Crippen LogP contribution >= 0.6 is 23.2 Å². The lowest BCUT2D eigenvalue weighted by atomic mass is 10.1. The smallest absolute Gasteiger partial charge is 0.292 e. The van der Waals surface area contributed by atoms with Crippen molar-refractivity contribution in [1.29, 1.82) is 0 Å². The molecule has 0 bridgehead atoms. The third kappa shape index (κ3) is 3.66. The topological polar surface area (TPSA) is 57.2 Å². The van der Waals surface area contributed by atoms with Crippen LogP contribution in [0, 0.1) is 0 Å². The molecule has 29 heavy (non-hydrogen) atoms. The normalized spacial score (nSPS) is 17.5. The predicted molar refractivity (Wildman–Crippen MR) is 110 cm³/mol. The summed E-state index contributed by atoms with van der Waals surface area (Å²) < 4.78 is 22.6. The molecule has 0 radical (unpaired) electrons. The van der Waals surface area contributed by atoms with Gasteiger partial charge in [0.05, 0.1) is 48.2 Å². The van der Waals surface area contributed by atoms with Crippen molar-refractivity contribution in [1.82, 2.24) is 0 Å². The minimum absolute atomic E-state index is 0.299. The maximum Gasteiger partial charge on any atom is 0.292 e. The molecule has 2 heterocycles. The predicted octanol–water partition coefficient (Wildman–Crippen LogP) is 4.41. The number of hydrogen-bond donors (Lipinski definition) is 0. The molecule has 0 aliphatic carbocycles. The van der Waals surface area contributed by atoms with Crippen LogP contribution in [0.4, 0.5) is 5.69 Å². The van der Waals surface area contributed by atoms with E-state index in [0.717, 1.165) is 17.9 Å². The third-order valence-corrected chi connectivity index (χ3v) is 5.58. The van der Waals surface area contributed by atoms with Gasteiger partial charge in [-0.3, -0.25) is 4.79 Å². The first-order valence-electron chi connectivity index (χ1n) is 9.42. The molecule has 2 aromatic rings. The number of ether oxygens (including phenoxy) is 4. The van der Waals surface area contributed by atoms with Crippen molar-refractivity contribution < 1.29 is 23.7 Å². The molecule has 4 rings (SSSR count). The number of anilines is 1. The summed E-state index contributed by atoms with van der Waals surface area (Å²) in [6, 6.07) is 10.7. The van der Waals surface area contributed by atoms with Gasteiger partial charge in [0.15, 0.2) is 0 Å². The Morgan fingerprint density at radius 1 is 1.03 bits per heavy atom. The largest absolute Gasteiger partial charge is 0.497 e. The van der Waals surface area contributed by atoms with Crippen LogP contribution in [0.2, 0.25) is 10.0 Å². The van der Waals surface area contributed by atoms with Crippen LogP contribution in [0.25, 0.3) is 0 Å². The first-order valence-corrected chi connectivity index (χ1v) is 10.2. The average molecular weight is 438 g/mol. The molecule has 0 aromatic heterocycles. The second kappa shape index (κ2) is 8.40. The van der Waals surface area contributed by atoms with E-state index in [4.69, 9.17) is 42.1 Å². The van der Waals surface area contributed by atoms with E-state index < -0.39 is 5.79 Å². The SMILES string of the molecule is COc1ccc(OCCCN2C(=O)C3(OCCCO3)c3c(Cl)ccc(Cl)c32)cc1. The standard InChI is InChI=1S/C21H21Cl2NO5/c1-26-14-4-6-15(7-5-14)27-11-2-10-24-19-17(23)9-8-16(22)18(19)21(20(24)25)28-12-3-13-29-21/h4-9H,2-3,10-13H2,1H3. The molecule has 0 atom stereocenters. The van der Waals surface area contributed by atoms with Gasteiger partial charge in [-0.2, -0.15) is 0 Å². The number of methoxy groups -OCH3 is 1. The van der Waals surface area contributed by atoms with Gasteiger partial charge in [0.25, 0.3) is 11.7 Å². The summed E-state index contributed by atoms with van der Waals surface area (Å²) >= 11 is 12.9. The third-order valence-electron chi connectivity index (χ3n) is 4.96. The molecule has 8 heteroatoms. The molecule has 0 N–H and O–H groups in total. The highest BCUT2D eigenvalue weighted by Crippen LogP contribution is 2.51. The zero-order valence-electron chi connectivity index (χ0n) is 16.0. The molecule has 1 fully saturated rings. The van der Waals surface area contributed by atoms with Crippen LogP contribution in [0.5, 0.6) is 11.5 Å². The lowest BCUT2D eigenvalue weighted by Crippen LogP contribution is -2.47. The van der Waals surface area contributed by atoms with Crippen molar-refractivity contribution in [3.05, 3.63) is 52.0 Å². The number of rotatable bonds is 6. The first kappa shape index (κ1) is 20.3. The van der Waals surface area contributed by atoms with Crippen molar-refractivity contribution in [2.75, 3.05) is 38.4 Å². The van der Waals surface area contributed by atoms with Gasteiger partial charge in [0.1, 0.15) is 11.5 Å². The Bertz CT molecular complexity index is 897. The van der Waals surface area contributed by atoms with Crippen molar-refractivity contribution in [2.45, 2.75) is 18.6 Å². The number of amides is 1. The number of nitrogens with zero attached hydrogens (tertiary/aromatic N) is 1. The number of carbonyl (C=O) groups is 1. The van der Waals surface area contributed by atoms with Crippen LogP contribution in [-0.4, -0.2) is 39.4 Å². The Kier molecular flexibility index (Phi) is 5.88. The summed E-state index contributed by atoms with van der Waals surface area (Å²) in [5.41, 5.74) is 1.04. The van der Waals surface area contributed by atoms with Crippen LogP contribution in [0.15, 0.2) is 36.4 Å². The summed E-state index contributed by atoms with van der Waals surface area (Å²) in [6.45, 7) is 1.67. The van der Waals surface area contributed by atoms with E-state index in [-0.39, 0.29) is 5.91 Å². The number of benzene rings is 2. The molecule has 154 valence electrons. The molecule has 1 amide bonds. The zero-order valence-corrected chi connectivity index (χ0v) is 17.5. The van der Waals surface area contributed by atoms with Gasteiger partial charge in [0, 0.05) is 6.54 Å². The van der Waals surface area contributed by atoms with E-state index in [1.165, 1.54) is 0 Å². The molecule has 2 aromatic carbocycles. The second-order valence-electron chi connectivity index (χ2n) is 6.75. The molecule has 2 aliphatic rings. The highest BCUT2D eigenvalue weighted by Gasteiger charge is 2.56. The average Bonchev–Trinajstić information content (AvgIpc) is 2.98. The Balaban J connectivity index is 1.49. The van der Waals surface area contributed by atoms with Gasteiger partial charge in [-0.05, 0) is 49.2 Å². The number of fused-ring (bicyclic) bond motifs is 2. The van der Waals surface area contributed by atoms with E-state index in [1.54, 1.807) is 24.1 Å². The van der Waals surface area contributed by atoms with E-state index in [1.807, 2.05) is 24.3 Å². The molecule has 6 nitrogen and oxygen atoms in total. The van der Waals surface area contributed by atoms with Gasteiger partial charge in [0.2, 0.25) is 0 Å². The van der Waals surface area contributed by atoms with Crippen LogP contribution in [0.3, 0.4) is 0 Å². The van der Waals surface area contributed by atoms with E-state index >= 15 is 0 Å². The lowest BCUT2D eigenvalue weighted by Gasteiger charge is -2.32. The summed E-state index contributed by atoms with van der Waals surface area (Å²) in [7, 11) is 1.62. The minimum atomic E-state index is -1.51. The number of halogens is 2. The number of carbonyl (C=O) groups excluding carboxylic acids is 1. The summed E-state index contributed by atoms with van der Waals surface area (Å²) in [5, 5.41) is 0.833. The van der Waals surface area contributed by atoms with E-state index in [9.17, 15) is 4.79 Å². The fourth-order valence-electron chi connectivity index (χ4n) is 3.60. The van der Waals surface area contributed by atoms with Gasteiger partial charge >= 0.3 is 0 Å². The molecular weight excluding hydrogens is 417 g/mol. The van der Waals surface area contributed by atoms with Gasteiger partial charge in [-0.1, -0.05) is 23.2 Å². The molecular formula is C21H21Cl2NO5. The van der Waals surface area contributed by atoms with E-state index in [2.05, 4.69) is 0 Å². The fourth-order valence-corrected chi connectivity index (χ4v) is 4.14. The lowest BCUT2D eigenvalue weighted by molar-refractivity contribution is -0.256. The van der Waals surface area contributed by atoms with Crippen LogP contribution in [-0.2, 0) is 20.1 Å². The van der Waals surface area contributed by atoms with Crippen LogP contribution in [0.1, 0.15) is 18.4 Å². The first-order chi connectivity index (χ1) is 14.1. The summed E-state index contributed by atoms with van der Waals surface area (Å²) in [4.78, 5) is 14.9. The van der Waals surface area contributed by atoms with Crippen molar-refractivity contribution in [3.8, 4) is 11.5 Å². The quantitative estimate of drug-likeness (QED) is 0.626. The number of hydrogen-bond acceptors (Lipinski definition) is 5. The van der Waals surface area contributed by atoms with Crippen molar-refractivity contribution in [2.24, 2.45) is 0 Å². The minimum Gasteiger partial charge on any atom is -0.497 e. The summed E-state index contributed by atoms with van der Waals surface area (Å²) in [5.74, 6) is -0.310. The molecule has 1 spiro atoms. The highest BCUT2D eigenvalue weighted by molar-refractivity contribution is 6.38. The van der Waals surface area contributed by atoms with Crippen molar-refractivity contribution in [3.63, 3.8) is 0 Å². The van der Waals surface area contributed by atoms with Crippen molar-refractivity contribution >= 4 is 34.8 Å².